The van der Waals surface area contributed by atoms with Crippen LogP contribution < -0.4 is 4.90 Å². The lowest BCUT2D eigenvalue weighted by atomic mass is 9.95. The van der Waals surface area contributed by atoms with Crippen LogP contribution in [-0.2, 0) is 0 Å². The Morgan fingerprint density at radius 1 is 0.346 bits per heavy atom. The molecule has 0 bridgehead atoms. The van der Waals surface area contributed by atoms with Crippen LogP contribution in [0, 0.1) is 0 Å². The van der Waals surface area contributed by atoms with E-state index in [0.717, 1.165) is 72.4 Å². The summed E-state index contributed by atoms with van der Waals surface area (Å²) in [5, 5.41) is 7.23. The lowest BCUT2D eigenvalue weighted by Gasteiger charge is -2.26. The van der Waals surface area contributed by atoms with Crippen molar-refractivity contribution in [1.29, 1.82) is 0 Å². The fraction of sp³-hybridized carbons (Fsp3) is 0. The molecule has 8 aromatic carbocycles. The molecule has 3 heterocycles. The summed E-state index contributed by atoms with van der Waals surface area (Å²) in [7, 11) is 0. The molecule has 0 saturated heterocycles. The van der Waals surface area contributed by atoms with Gasteiger partial charge in [-0.15, -0.1) is 0 Å². The van der Waals surface area contributed by atoms with Crippen molar-refractivity contribution in [3.8, 4) is 22.3 Å². The van der Waals surface area contributed by atoms with Crippen molar-refractivity contribution in [2.45, 2.75) is 0 Å². The summed E-state index contributed by atoms with van der Waals surface area (Å²) in [6.07, 6.45) is 0. The molecular weight excluding hydrogens is 699 g/mol. The molecule has 0 aliphatic rings. The molecule has 0 saturated carbocycles. The van der Waals surface area contributed by atoms with Crippen molar-refractivity contribution in [2.24, 2.45) is 0 Å². The largest absolute Gasteiger partial charge is 0.304 e. The normalized spacial score (nSPS) is 11.8. The van der Waals surface area contributed by atoms with Crippen LogP contribution in [0.15, 0.2) is 140 Å². The quantitative estimate of drug-likeness (QED) is 0.164. The zero-order valence-electron chi connectivity index (χ0n) is 27.1. The minimum absolute atomic E-state index is 0.801. The highest BCUT2D eigenvalue weighted by Crippen LogP contribution is 2.47. The van der Waals surface area contributed by atoms with Gasteiger partial charge >= 0.3 is 0 Å². The highest BCUT2D eigenvalue weighted by atomic mass is 32.1. The van der Waals surface area contributed by atoms with E-state index < -0.39 is 0 Å². The molecule has 0 radical (unpaired) electrons. The SMILES string of the molecule is c1ccc2c(-c3ccc(N(c4cccc5nsnc45)c4ccc(-c5ccc6ccc7ccccc7c6c5)c5nsnc45)c4nsnc34)cccc2c1. The van der Waals surface area contributed by atoms with E-state index in [2.05, 4.69) is 137 Å². The van der Waals surface area contributed by atoms with Gasteiger partial charge in [-0.2, -0.15) is 26.2 Å². The van der Waals surface area contributed by atoms with Crippen molar-refractivity contribution in [3.63, 3.8) is 0 Å². The predicted octanol–water partition coefficient (Wildman–Crippen LogP) is 12.0. The summed E-state index contributed by atoms with van der Waals surface area (Å²) < 4.78 is 29.0. The lowest BCUT2D eigenvalue weighted by molar-refractivity contribution is 1.31. The van der Waals surface area contributed by atoms with Crippen molar-refractivity contribution < 1.29 is 0 Å². The van der Waals surface area contributed by atoms with Gasteiger partial charge in [0.1, 0.15) is 33.1 Å². The Morgan fingerprint density at radius 3 is 1.71 bits per heavy atom. The van der Waals surface area contributed by atoms with Crippen LogP contribution in [0.25, 0.3) is 87.7 Å². The lowest BCUT2D eigenvalue weighted by Crippen LogP contribution is -2.12. The molecule has 10 heteroatoms. The number of anilines is 3. The summed E-state index contributed by atoms with van der Waals surface area (Å²) in [6.45, 7) is 0. The van der Waals surface area contributed by atoms with Gasteiger partial charge in [-0.25, -0.2) is 0 Å². The van der Waals surface area contributed by atoms with E-state index in [1.54, 1.807) is 0 Å². The van der Waals surface area contributed by atoms with Crippen LogP contribution in [0.3, 0.4) is 0 Å². The summed E-state index contributed by atoms with van der Waals surface area (Å²) in [5.74, 6) is 0. The Hall–Kier alpha value is -6.20. The molecule has 11 rings (SSSR count). The highest BCUT2D eigenvalue weighted by molar-refractivity contribution is 7.00. The molecule has 0 N–H and O–H groups in total. The first-order chi connectivity index (χ1) is 25.8. The van der Waals surface area contributed by atoms with E-state index in [1.165, 1.54) is 67.5 Å². The van der Waals surface area contributed by atoms with E-state index in [4.69, 9.17) is 21.9 Å². The summed E-state index contributed by atoms with van der Waals surface area (Å²) in [6, 6.07) is 49.2. The summed E-state index contributed by atoms with van der Waals surface area (Å²) in [4.78, 5) is 2.21. The first-order valence-corrected chi connectivity index (χ1v) is 18.9. The number of fused-ring (bicyclic) bond motifs is 7. The molecule has 0 aliphatic carbocycles. The zero-order chi connectivity index (χ0) is 34.2. The second kappa shape index (κ2) is 11.7. The molecule has 0 aliphatic heterocycles. The third kappa shape index (κ3) is 4.48. The topological polar surface area (TPSA) is 80.6 Å². The molecule has 3 aromatic heterocycles. The fourth-order valence-corrected chi connectivity index (χ4v) is 9.19. The van der Waals surface area contributed by atoms with Gasteiger partial charge in [-0.05, 0) is 85.9 Å². The second-order valence-electron chi connectivity index (χ2n) is 12.7. The number of hydrogen-bond donors (Lipinski definition) is 0. The molecular formula is C42H23N7S3. The van der Waals surface area contributed by atoms with E-state index in [9.17, 15) is 0 Å². The molecule has 244 valence electrons. The number of hydrogen-bond acceptors (Lipinski definition) is 10. The average Bonchev–Trinajstić information content (AvgIpc) is 4.00. The summed E-state index contributed by atoms with van der Waals surface area (Å²) in [5.41, 5.74) is 11.9. The molecule has 0 fully saturated rings. The van der Waals surface area contributed by atoms with E-state index in [0.29, 0.717) is 0 Å². The van der Waals surface area contributed by atoms with Gasteiger partial charge in [0.05, 0.1) is 52.2 Å². The van der Waals surface area contributed by atoms with Crippen LogP contribution >= 0.6 is 35.2 Å². The van der Waals surface area contributed by atoms with Crippen LogP contribution in [0.2, 0.25) is 0 Å². The van der Waals surface area contributed by atoms with Crippen LogP contribution in [0.1, 0.15) is 0 Å². The molecule has 0 atom stereocenters. The number of rotatable bonds is 5. The monoisotopic (exact) mass is 721 g/mol. The first-order valence-electron chi connectivity index (χ1n) is 16.7. The maximum Gasteiger partial charge on any atom is 0.129 e. The molecule has 52 heavy (non-hydrogen) atoms. The molecule has 0 amide bonds. The third-order valence-electron chi connectivity index (χ3n) is 9.91. The minimum atomic E-state index is 0.801. The Balaban J connectivity index is 1.14. The van der Waals surface area contributed by atoms with Crippen LogP contribution in [0.5, 0.6) is 0 Å². The number of aromatic nitrogens is 6. The second-order valence-corrected chi connectivity index (χ2v) is 14.3. The Kier molecular flexibility index (Phi) is 6.63. The number of benzene rings is 8. The molecule has 7 nitrogen and oxygen atoms in total. The minimum Gasteiger partial charge on any atom is -0.304 e. The van der Waals surface area contributed by atoms with Gasteiger partial charge in [-0.1, -0.05) is 97.1 Å². The van der Waals surface area contributed by atoms with Gasteiger partial charge in [0.2, 0.25) is 0 Å². The first kappa shape index (κ1) is 29.5. The van der Waals surface area contributed by atoms with Gasteiger partial charge in [0.15, 0.2) is 0 Å². The van der Waals surface area contributed by atoms with Gasteiger partial charge in [-0.3, -0.25) is 0 Å². The maximum absolute atomic E-state index is 4.95. The smallest absolute Gasteiger partial charge is 0.129 e. The average molecular weight is 722 g/mol. The van der Waals surface area contributed by atoms with E-state index >= 15 is 0 Å². The van der Waals surface area contributed by atoms with Crippen molar-refractivity contribution in [1.82, 2.24) is 26.2 Å². The predicted molar refractivity (Wildman–Crippen MR) is 217 cm³/mol. The molecule has 0 unspecified atom stereocenters. The van der Waals surface area contributed by atoms with E-state index in [1.807, 2.05) is 12.1 Å². The Labute approximate surface area is 309 Å². The Bertz CT molecular complexity index is 3180. The van der Waals surface area contributed by atoms with Crippen molar-refractivity contribution >= 4 is 118 Å². The molecule has 11 aromatic rings. The summed E-state index contributed by atoms with van der Waals surface area (Å²) >= 11 is 3.65. The van der Waals surface area contributed by atoms with Gasteiger partial charge < -0.3 is 4.90 Å². The third-order valence-corrected chi connectivity index (χ3v) is 11.5. The molecule has 0 spiro atoms. The van der Waals surface area contributed by atoms with Crippen molar-refractivity contribution in [3.05, 3.63) is 140 Å². The zero-order valence-corrected chi connectivity index (χ0v) is 29.6. The van der Waals surface area contributed by atoms with E-state index in [-0.39, 0.29) is 0 Å². The Morgan fingerprint density at radius 2 is 0.904 bits per heavy atom. The van der Waals surface area contributed by atoms with Crippen molar-refractivity contribution in [2.75, 3.05) is 4.90 Å². The van der Waals surface area contributed by atoms with Crippen LogP contribution in [0.4, 0.5) is 17.1 Å². The standard InChI is InChI=1S/C42H23N7S3/c1-3-10-28-24(7-1)9-5-12-31(28)32-20-22-37(42-39(32)45-52-48-42)49(35-14-6-13-34-40(35)46-50-43-34)36-21-19-30(38-41(36)47-51-44-38)27-18-17-26-16-15-25-8-2-4-11-29(25)33(26)23-27/h1-23H. The number of nitrogens with zero attached hydrogens (tertiary/aromatic N) is 7. The fourth-order valence-electron chi connectivity index (χ4n) is 7.51. The highest BCUT2D eigenvalue weighted by Gasteiger charge is 2.26. The maximum atomic E-state index is 4.95. The van der Waals surface area contributed by atoms with Gasteiger partial charge in [0.25, 0.3) is 0 Å². The van der Waals surface area contributed by atoms with Crippen LogP contribution in [-0.4, -0.2) is 26.2 Å². The van der Waals surface area contributed by atoms with Gasteiger partial charge in [0, 0.05) is 11.1 Å².